The first-order valence-electron chi connectivity index (χ1n) is 5.37. The molecule has 15 heavy (non-hydrogen) atoms. The lowest BCUT2D eigenvalue weighted by atomic mass is 10.3. The Morgan fingerprint density at radius 3 is 2.80 bits per heavy atom. The van der Waals surface area contributed by atoms with E-state index >= 15 is 0 Å². The third-order valence-corrected chi connectivity index (χ3v) is 3.73. The first-order chi connectivity index (χ1) is 7.16. The lowest BCUT2D eigenvalue weighted by molar-refractivity contribution is -0.122. The van der Waals surface area contributed by atoms with E-state index in [1.54, 1.807) is 11.3 Å². The molecule has 3 nitrogen and oxygen atoms in total. The highest BCUT2D eigenvalue weighted by atomic mass is 32.1. The van der Waals surface area contributed by atoms with Gasteiger partial charge >= 0.3 is 0 Å². The molecule has 1 fully saturated rings. The second-order valence-electron chi connectivity index (χ2n) is 4.06. The van der Waals surface area contributed by atoms with E-state index in [1.165, 1.54) is 4.88 Å². The Kier molecular flexibility index (Phi) is 3.05. The predicted molar refractivity (Wildman–Crippen MR) is 61.0 cm³/mol. The van der Waals surface area contributed by atoms with Crippen LogP contribution < -0.4 is 5.32 Å². The van der Waals surface area contributed by atoms with Crippen LogP contribution in [0, 0.1) is 19.8 Å². The molecule has 0 saturated heterocycles. The number of nitrogens with one attached hydrogen (secondary N) is 1. The van der Waals surface area contributed by atoms with Crippen LogP contribution in [0.3, 0.4) is 0 Å². The molecule has 1 heterocycles. The SMILES string of the molecule is Cc1nc(C)c(CCNC(=O)C2CC2)s1. The van der Waals surface area contributed by atoms with Gasteiger partial charge in [0.05, 0.1) is 10.7 Å². The van der Waals surface area contributed by atoms with Gasteiger partial charge < -0.3 is 5.32 Å². The zero-order chi connectivity index (χ0) is 10.8. The fourth-order valence-electron chi connectivity index (χ4n) is 1.59. The van der Waals surface area contributed by atoms with Gasteiger partial charge in [0.2, 0.25) is 5.91 Å². The van der Waals surface area contributed by atoms with Gasteiger partial charge in [-0.25, -0.2) is 4.98 Å². The summed E-state index contributed by atoms with van der Waals surface area (Å²) in [6.45, 7) is 4.79. The van der Waals surface area contributed by atoms with Crippen molar-refractivity contribution >= 4 is 17.2 Å². The number of nitrogens with zero attached hydrogens (tertiary/aromatic N) is 1. The van der Waals surface area contributed by atoms with Crippen molar-refractivity contribution in [3.63, 3.8) is 0 Å². The van der Waals surface area contributed by atoms with Crippen LogP contribution >= 0.6 is 11.3 Å². The highest BCUT2D eigenvalue weighted by Crippen LogP contribution is 2.28. The fourth-order valence-corrected chi connectivity index (χ4v) is 2.53. The van der Waals surface area contributed by atoms with Gasteiger partial charge in [-0.1, -0.05) is 0 Å². The summed E-state index contributed by atoms with van der Waals surface area (Å²) in [6, 6.07) is 0. The number of aromatic nitrogens is 1. The van der Waals surface area contributed by atoms with Crippen molar-refractivity contribution in [1.29, 1.82) is 0 Å². The van der Waals surface area contributed by atoms with E-state index in [9.17, 15) is 4.79 Å². The Balaban J connectivity index is 1.77. The molecule has 1 N–H and O–H groups in total. The number of hydrogen-bond donors (Lipinski definition) is 1. The molecule has 0 atom stereocenters. The van der Waals surface area contributed by atoms with Crippen LogP contribution in [0.4, 0.5) is 0 Å². The second-order valence-corrected chi connectivity index (χ2v) is 5.34. The van der Waals surface area contributed by atoms with Crippen LogP contribution in [0.25, 0.3) is 0 Å². The third kappa shape index (κ3) is 2.78. The first kappa shape index (κ1) is 10.6. The summed E-state index contributed by atoms with van der Waals surface area (Å²) in [5.74, 6) is 0.545. The van der Waals surface area contributed by atoms with Crippen molar-refractivity contribution in [3.05, 3.63) is 15.6 Å². The van der Waals surface area contributed by atoms with Crippen LogP contribution in [0.1, 0.15) is 28.4 Å². The maximum Gasteiger partial charge on any atom is 0.223 e. The summed E-state index contributed by atoms with van der Waals surface area (Å²) >= 11 is 1.73. The zero-order valence-corrected chi connectivity index (χ0v) is 9.99. The second kappa shape index (κ2) is 4.31. The molecule has 0 spiro atoms. The molecule has 1 aromatic rings. The van der Waals surface area contributed by atoms with E-state index in [-0.39, 0.29) is 5.91 Å². The Bertz CT molecular complexity index is 369. The number of carbonyl (C=O) groups excluding carboxylic acids is 1. The molecule has 0 bridgehead atoms. The van der Waals surface area contributed by atoms with E-state index in [4.69, 9.17) is 0 Å². The number of carbonyl (C=O) groups is 1. The largest absolute Gasteiger partial charge is 0.356 e. The molecule has 1 saturated carbocycles. The van der Waals surface area contributed by atoms with Crippen molar-refractivity contribution < 1.29 is 4.79 Å². The number of aryl methyl sites for hydroxylation is 2. The average Bonchev–Trinajstić information content (AvgIpc) is 2.94. The molecule has 1 aromatic heterocycles. The lowest BCUT2D eigenvalue weighted by Crippen LogP contribution is -2.26. The molecule has 0 unspecified atom stereocenters. The van der Waals surface area contributed by atoms with Gasteiger partial charge in [0.25, 0.3) is 0 Å². The van der Waals surface area contributed by atoms with Crippen LogP contribution in [0.2, 0.25) is 0 Å². The highest BCUT2D eigenvalue weighted by Gasteiger charge is 2.29. The summed E-state index contributed by atoms with van der Waals surface area (Å²) in [5, 5.41) is 4.08. The quantitative estimate of drug-likeness (QED) is 0.847. The maximum atomic E-state index is 11.4. The first-order valence-corrected chi connectivity index (χ1v) is 6.19. The van der Waals surface area contributed by atoms with E-state index in [0.717, 1.165) is 36.5 Å². The van der Waals surface area contributed by atoms with Crippen LogP contribution in [-0.2, 0) is 11.2 Å². The minimum atomic E-state index is 0.230. The number of hydrogen-bond acceptors (Lipinski definition) is 3. The van der Waals surface area contributed by atoms with Gasteiger partial charge in [-0.3, -0.25) is 4.79 Å². The predicted octanol–water partition coefficient (Wildman–Crippen LogP) is 1.83. The summed E-state index contributed by atoms with van der Waals surface area (Å²) in [7, 11) is 0. The number of thiazole rings is 1. The van der Waals surface area contributed by atoms with Crippen molar-refractivity contribution in [3.8, 4) is 0 Å². The summed E-state index contributed by atoms with van der Waals surface area (Å²) < 4.78 is 0. The monoisotopic (exact) mass is 224 g/mol. The number of rotatable bonds is 4. The van der Waals surface area contributed by atoms with E-state index in [2.05, 4.69) is 10.3 Å². The summed E-state index contributed by atoms with van der Waals surface area (Å²) in [6.07, 6.45) is 3.06. The van der Waals surface area contributed by atoms with Crippen LogP contribution in [0.5, 0.6) is 0 Å². The lowest BCUT2D eigenvalue weighted by Gasteiger charge is -2.02. The Hall–Kier alpha value is -0.900. The normalized spacial score (nSPS) is 15.3. The van der Waals surface area contributed by atoms with E-state index < -0.39 is 0 Å². The zero-order valence-electron chi connectivity index (χ0n) is 9.17. The van der Waals surface area contributed by atoms with Gasteiger partial charge in [0.1, 0.15) is 0 Å². The Morgan fingerprint density at radius 1 is 1.53 bits per heavy atom. The maximum absolute atomic E-state index is 11.4. The topological polar surface area (TPSA) is 42.0 Å². The third-order valence-electron chi connectivity index (χ3n) is 2.60. The Morgan fingerprint density at radius 2 is 2.27 bits per heavy atom. The molecule has 1 aliphatic rings. The fraction of sp³-hybridized carbons (Fsp3) is 0.636. The highest BCUT2D eigenvalue weighted by molar-refractivity contribution is 7.11. The average molecular weight is 224 g/mol. The molecule has 1 aliphatic carbocycles. The summed E-state index contributed by atoms with van der Waals surface area (Å²) in [5.41, 5.74) is 1.11. The summed E-state index contributed by atoms with van der Waals surface area (Å²) in [4.78, 5) is 17.0. The van der Waals surface area contributed by atoms with Gasteiger partial charge in [-0.15, -0.1) is 11.3 Å². The van der Waals surface area contributed by atoms with E-state index in [1.807, 2.05) is 13.8 Å². The smallest absolute Gasteiger partial charge is 0.223 e. The van der Waals surface area contributed by atoms with Gasteiger partial charge in [-0.2, -0.15) is 0 Å². The van der Waals surface area contributed by atoms with E-state index in [0.29, 0.717) is 5.92 Å². The molecule has 1 amide bonds. The van der Waals surface area contributed by atoms with Gasteiger partial charge in [0, 0.05) is 23.8 Å². The number of amides is 1. The molecular formula is C11H16N2OS. The molecule has 4 heteroatoms. The van der Waals surface area contributed by atoms with Crippen molar-refractivity contribution in [1.82, 2.24) is 10.3 Å². The molecule has 0 aliphatic heterocycles. The van der Waals surface area contributed by atoms with Crippen LogP contribution in [0.15, 0.2) is 0 Å². The van der Waals surface area contributed by atoms with Crippen molar-refractivity contribution in [2.45, 2.75) is 33.1 Å². The molecule has 82 valence electrons. The standard InChI is InChI=1S/C11H16N2OS/c1-7-10(15-8(2)13-7)5-6-12-11(14)9-3-4-9/h9H,3-6H2,1-2H3,(H,12,14). The minimum absolute atomic E-state index is 0.230. The van der Waals surface area contributed by atoms with Gasteiger partial charge in [0.15, 0.2) is 0 Å². The molecule has 0 radical (unpaired) electrons. The van der Waals surface area contributed by atoms with Crippen molar-refractivity contribution in [2.24, 2.45) is 5.92 Å². The molecule has 2 rings (SSSR count). The van der Waals surface area contributed by atoms with Gasteiger partial charge in [-0.05, 0) is 26.7 Å². The van der Waals surface area contributed by atoms with Crippen molar-refractivity contribution in [2.75, 3.05) is 6.54 Å². The molecular weight excluding hydrogens is 208 g/mol. The van der Waals surface area contributed by atoms with Crippen LogP contribution in [-0.4, -0.2) is 17.4 Å². The minimum Gasteiger partial charge on any atom is -0.356 e. The Labute approximate surface area is 93.9 Å². The molecule has 0 aromatic carbocycles.